The van der Waals surface area contributed by atoms with Gasteiger partial charge in [0.1, 0.15) is 22.8 Å². The van der Waals surface area contributed by atoms with Crippen molar-refractivity contribution in [3.05, 3.63) is 45.2 Å². The van der Waals surface area contributed by atoms with E-state index in [1.165, 1.54) is 25.9 Å². The lowest BCUT2D eigenvalue weighted by Gasteiger charge is -2.50. The number of ketones is 3. The fourth-order valence-corrected chi connectivity index (χ4v) is 5.81. The van der Waals surface area contributed by atoms with E-state index >= 15 is 0 Å². The number of carbonyl (C=O) groups is 5. The number of likely N-dealkylation sites (N-methyl/N-ethyl adjacent to an activating group) is 1. The molecule has 36 heavy (non-hydrogen) atoms. The molecular weight excluding hydrogens is 474 g/mol. The van der Waals surface area contributed by atoms with Gasteiger partial charge in [-0.25, -0.2) is 0 Å². The number of nitrogens with two attached hydrogens (primary N) is 2. The summed E-state index contributed by atoms with van der Waals surface area (Å²) < 4.78 is 0. The lowest BCUT2D eigenvalue weighted by molar-refractivity contribution is -0.153. The number of aromatic hydroxyl groups is 1. The number of amides is 2. The number of nitrogens with zero attached hydrogens (tertiary/aromatic N) is 1. The number of Topliss-reactive ketones (excluding diaryl/α,β-unsaturated/α-hetero) is 3. The third kappa shape index (κ3) is 3.11. The molecule has 0 saturated heterocycles. The van der Waals surface area contributed by atoms with Crippen molar-refractivity contribution in [3.63, 3.8) is 0 Å². The third-order valence-corrected chi connectivity index (χ3v) is 7.37. The molecule has 4 rings (SSSR count). The Balaban J connectivity index is 2.04. The molecule has 3 aliphatic carbocycles. The van der Waals surface area contributed by atoms with Gasteiger partial charge in [-0.3, -0.25) is 28.9 Å². The second kappa shape index (κ2) is 8.00. The summed E-state index contributed by atoms with van der Waals surface area (Å²) in [6, 6.07) is -0.112. The van der Waals surface area contributed by atoms with Crippen LogP contribution in [0.2, 0.25) is 0 Å². The summed E-state index contributed by atoms with van der Waals surface area (Å²) in [4.78, 5) is 64.5. The molecule has 0 aromatic heterocycles. The minimum atomic E-state index is -2.79. The fraction of sp³-hybridized carbons (Fsp3) is 0.375. The summed E-state index contributed by atoms with van der Waals surface area (Å²) in [5.74, 6) is -9.84. The average Bonchev–Trinajstić information content (AvgIpc) is 2.75. The lowest BCUT2D eigenvalue weighted by atomic mass is 9.57. The third-order valence-electron chi connectivity index (χ3n) is 7.37. The Bertz CT molecular complexity index is 1360. The molecule has 8 N–H and O–H groups in total. The topological polar surface area (TPSA) is 222 Å². The van der Waals surface area contributed by atoms with Gasteiger partial charge in [0.2, 0.25) is 5.78 Å². The van der Waals surface area contributed by atoms with Crippen LogP contribution in [0.1, 0.15) is 45.2 Å². The van der Waals surface area contributed by atoms with Crippen LogP contribution in [0.4, 0.5) is 0 Å². The molecule has 190 valence electrons. The smallest absolute Gasteiger partial charge is 0.255 e. The van der Waals surface area contributed by atoms with Crippen molar-refractivity contribution in [1.82, 2.24) is 4.90 Å². The van der Waals surface area contributed by atoms with E-state index < -0.39 is 86.6 Å². The van der Waals surface area contributed by atoms with Gasteiger partial charge in [0, 0.05) is 17.1 Å². The Morgan fingerprint density at radius 3 is 2.17 bits per heavy atom. The number of aliphatic hydroxyl groups is 3. The van der Waals surface area contributed by atoms with Crippen LogP contribution in [0.5, 0.6) is 5.75 Å². The minimum Gasteiger partial charge on any atom is -0.508 e. The van der Waals surface area contributed by atoms with Crippen LogP contribution in [0.25, 0.3) is 5.76 Å². The van der Waals surface area contributed by atoms with Gasteiger partial charge in [-0.15, -0.1) is 0 Å². The molecule has 1 saturated carbocycles. The molecular formula is C24H25N3O9. The van der Waals surface area contributed by atoms with E-state index in [2.05, 4.69) is 0 Å². The number of primary amides is 2. The van der Waals surface area contributed by atoms with Crippen molar-refractivity contribution in [1.29, 1.82) is 0 Å². The zero-order valence-electron chi connectivity index (χ0n) is 19.7. The first-order chi connectivity index (χ1) is 16.7. The van der Waals surface area contributed by atoms with Crippen molar-refractivity contribution in [3.8, 4) is 5.75 Å². The Labute approximate surface area is 204 Å². The van der Waals surface area contributed by atoms with Gasteiger partial charge in [0.15, 0.2) is 17.2 Å². The predicted molar refractivity (Wildman–Crippen MR) is 123 cm³/mol. The van der Waals surface area contributed by atoms with Gasteiger partial charge in [-0.1, -0.05) is 0 Å². The highest BCUT2D eigenvalue weighted by molar-refractivity contribution is 6.24. The molecule has 0 aliphatic heterocycles. The molecule has 0 spiro atoms. The van der Waals surface area contributed by atoms with Crippen LogP contribution in [0.15, 0.2) is 23.0 Å². The number of benzene rings is 1. The Morgan fingerprint density at radius 2 is 1.67 bits per heavy atom. The second-order valence-corrected chi connectivity index (χ2v) is 9.56. The zero-order valence-corrected chi connectivity index (χ0v) is 19.7. The largest absolute Gasteiger partial charge is 0.508 e. The molecule has 12 nitrogen and oxygen atoms in total. The van der Waals surface area contributed by atoms with Crippen molar-refractivity contribution < 1.29 is 44.4 Å². The lowest BCUT2D eigenvalue weighted by Crippen LogP contribution is -2.65. The molecule has 0 heterocycles. The van der Waals surface area contributed by atoms with Crippen molar-refractivity contribution in [2.45, 2.75) is 31.4 Å². The quantitative estimate of drug-likeness (QED) is 0.225. The second-order valence-electron chi connectivity index (χ2n) is 9.56. The van der Waals surface area contributed by atoms with E-state index in [0.717, 1.165) is 6.07 Å². The van der Waals surface area contributed by atoms with Crippen LogP contribution in [0, 0.1) is 11.8 Å². The number of carbonyl (C=O) groups excluding carboxylic acids is 5. The number of rotatable bonds is 4. The van der Waals surface area contributed by atoms with Gasteiger partial charge in [-0.05, 0) is 51.4 Å². The van der Waals surface area contributed by atoms with E-state index in [1.807, 2.05) is 0 Å². The van der Waals surface area contributed by atoms with Gasteiger partial charge in [0.05, 0.1) is 17.2 Å². The standard InChI is InChI=1S/C24H25N3O9/c1-7(28)9-6-11(22(25)34)17(29)14-10(9)4-8-5-12-16(27(2)3)19(31)15(23(26)35)21(33)24(12,36)20(32)13(8)18(14)30/h6,8,12,16,29-30,33,36H,4-5H2,1-3H3,(H2,25,34)(H2,26,35)/t8-,12-,16-,24-/m0/s1. The van der Waals surface area contributed by atoms with Gasteiger partial charge in [-0.2, -0.15) is 0 Å². The maximum Gasteiger partial charge on any atom is 0.255 e. The van der Waals surface area contributed by atoms with Crippen LogP contribution >= 0.6 is 0 Å². The minimum absolute atomic E-state index is 0.00174. The summed E-state index contributed by atoms with van der Waals surface area (Å²) in [5, 5.41) is 44.3. The molecule has 12 heteroatoms. The number of fused-ring (bicyclic) bond motifs is 3. The maximum atomic E-state index is 13.8. The SMILES string of the molecule is CC(=O)c1cc(C(N)=O)c(O)c2c1C[C@H]1C[C@H]3[C@H](N(C)C)C(=O)C(C(N)=O)=C(O)[C@@]3(O)C(=O)C1=C2O. The molecule has 4 atom stereocenters. The van der Waals surface area contributed by atoms with Gasteiger partial charge >= 0.3 is 0 Å². The average molecular weight is 499 g/mol. The Kier molecular flexibility index (Phi) is 5.57. The van der Waals surface area contributed by atoms with Crippen molar-refractivity contribution in [2.75, 3.05) is 14.1 Å². The number of hydrogen-bond donors (Lipinski definition) is 6. The maximum absolute atomic E-state index is 13.8. The first-order valence-electron chi connectivity index (χ1n) is 11.0. The number of phenols is 1. The van der Waals surface area contributed by atoms with Crippen LogP contribution in [-0.2, 0) is 20.8 Å². The Morgan fingerprint density at radius 1 is 1.06 bits per heavy atom. The summed E-state index contributed by atoms with van der Waals surface area (Å²) >= 11 is 0. The van der Waals surface area contributed by atoms with Crippen LogP contribution < -0.4 is 11.5 Å². The molecule has 2 amide bonds. The van der Waals surface area contributed by atoms with Crippen molar-refractivity contribution in [2.24, 2.45) is 23.3 Å². The monoisotopic (exact) mass is 499 g/mol. The highest BCUT2D eigenvalue weighted by atomic mass is 16.3. The molecule has 0 bridgehead atoms. The van der Waals surface area contributed by atoms with Gasteiger partial charge < -0.3 is 31.9 Å². The summed E-state index contributed by atoms with van der Waals surface area (Å²) in [6.45, 7) is 1.22. The molecule has 1 fully saturated rings. The molecule has 1 aromatic carbocycles. The summed E-state index contributed by atoms with van der Waals surface area (Å²) in [5.41, 5.74) is 5.82. The van der Waals surface area contributed by atoms with E-state index in [1.54, 1.807) is 0 Å². The normalized spacial score (nSPS) is 27.5. The van der Waals surface area contributed by atoms with Crippen LogP contribution in [0.3, 0.4) is 0 Å². The number of hydrogen-bond acceptors (Lipinski definition) is 10. The fourth-order valence-electron chi connectivity index (χ4n) is 5.81. The molecule has 0 unspecified atom stereocenters. The molecule has 1 aromatic rings. The van der Waals surface area contributed by atoms with Crippen molar-refractivity contribution >= 4 is 34.9 Å². The summed E-state index contributed by atoms with van der Waals surface area (Å²) in [7, 11) is 2.98. The van der Waals surface area contributed by atoms with E-state index in [0.29, 0.717) is 0 Å². The van der Waals surface area contributed by atoms with E-state index in [-0.39, 0.29) is 29.5 Å². The highest BCUT2D eigenvalue weighted by Gasteiger charge is 2.64. The zero-order chi connectivity index (χ0) is 27.0. The van der Waals surface area contributed by atoms with E-state index in [9.17, 15) is 44.4 Å². The first-order valence-corrected chi connectivity index (χ1v) is 11.0. The van der Waals surface area contributed by atoms with E-state index in [4.69, 9.17) is 11.5 Å². The highest BCUT2D eigenvalue weighted by Crippen LogP contribution is 2.53. The van der Waals surface area contributed by atoms with Gasteiger partial charge in [0.25, 0.3) is 11.8 Å². The number of aliphatic hydroxyl groups excluding tert-OH is 2. The Hall–Kier alpha value is -4.03. The molecule has 0 radical (unpaired) electrons. The molecule has 3 aliphatic rings. The summed E-state index contributed by atoms with van der Waals surface area (Å²) in [6.07, 6.45) is -0.197. The first kappa shape index (κ1) is 25.1. The predicted octanol–water partition coefficient (Wildman–Crippen LogP) is -0.734. The van der Waals surface area contributed by atoms with Crippen LogP contribution in [-0.4, -0.2) is 80.2 Å².